The van der Waals surface area contributed by atoms with E-state index in [1.807, 2.05) is 12.3 Å². The molecule has 0 radical (unpaired) electrons. The fourth-order valence-corrected chi connectivity index (χ4v) is 5.15. The van der Waals surface area contributed by atoms with Gasteiger partial charge in [-0.05, 0) is 43.2 Å². The van der Waals surface area contributed by atoms with Gasteiger partial charge in [-0.1, -0.05) is 31.0 Å². The number of nitrogens with zero attached hydrogens (tertiary/aromatic N) is 4. The number of methoxy groups -OCH3 is 1. The number of benzene rings is 1. The van der Waals surface area contributed by atoms with E-state index in [0.29, 0.717) is 6.04 Å². The van der Waals surface area contributed by atoms with E-state index in [-0.39, 0.29) is 0 Å². The Balaban J connectivity index is 1.49. The largest absolute Gasteiger partial charge is 0.494 e. The van der Waals surface area contributed by atoms with Gasteiger partial charge in [0.05, 0.1) is 24.9 Å². The predicted octanol–water partition coefficient (Wildman–Crippen LogP) is 5.10. The van der Waals surface area contributed by atoms with Gasteiger partial charge in [0.1, 0.15) is 22.7 Å². The standard InChI is InChI=1S/C24H25N5O/c1-30-21-12-20-24(26-23(21)19-11-5-7-15-6-4-10-18(15)19)22(28-27-20)16-13-25-29(14-16)17-8-2-3-9-17/h5,7,11-14,17H,2-4,6,8-10H2,1H3,(H,27,28). The topological polar surface area (TPSA) is 68.6 Å². The Kier molecular flexibility index (Phi) is 4.11. The van der Waals surface area contributed by atoms with Gasteiger partial charge in [0.2, 0.25) is 0 Å². The summed E-state index contributed by atoms with van der Waals surface area (Å²) in [6, 6.07) is 9.06. The molecular formula is C24H25N5O. The molecule has 3 aromatic heterocycles. The van der Waals surface area contributed by atoms with Crippen molar-refractivity contribution >= 4 is 11.0 Å². The molecule has 0 atom stereocenters. The molecule has 4 aromatic rings. The first kappa shape index (κ1) is 17.7. The van der Waals surface area contributed by atoms with Gasteiger partial charge >= 0.3 is 0 Å². The van der Waals surface area contributed by atoms with Gasteiger partial charge in [0.15, 0.2) is 0 Å². The lowest BCUT2D eigenvalue weighted by molar-refractivity contribution is 0.415. The summed E-state index contributed by atoms with van der Waals surface area (Å²) in [5.41, 5.74) is 8.52. The first-order chi connectivity index (χ1) is 14.8. The van der Waals surface area contributed by atoms with Crippen molar-refractivity contribution in [1.82, 2.24) is 25.0 Å². The lowest BCUT2D eigenvalue weighted by atomic mass is 9.99. The van der Waals surface area contributed by atoms with Crippen molar-refractivity contribution in [3.8, 4) is 28.3 Å². The number of ether oxygens (including phenoxy) is 1. The van der Waals surface area contributed by atoms with Crippen LogP contribution < -0.4 is 4.74 Å². The molecule has 1 aromatic carbocycles. The lowest BCUT2D eigenvalue weighted by Gasteiger charge is -2.12. The molecule has 0 bridgehead atoms. The fourth-order valence-electron chi connectivity index (χ4n) is 5.15. The first-order valence-electron chi connectivity index (χ1n) is 10.9. The smallest absolute Gasteiger partial charge is 0.147 e. The zero-order chi connectivity index (χ0) is 20.1. The van der Waals surface area contributed by atoms with Crippen molar-refractivity contribution in [2.75, 3.05) is 7.11 Å². The Labute approximate surface area is 175 Å². The van der Waals surface area contributed by atoms with Crippen LogP contribution in [0.1, 0.15) is 49.3 Å². The van der Waals surface area contributed by atoms with Crippen LogP contribution in [0.25, 0.3) is 33.5 Å². The molecule has 3 heterocycles. The van der Waals surface area contributed by atoms with Crippen LogP contribution in [0, 0.1) is 0 Å². The molecule has 6 heteroatoms. The van der Waals surface area contributed by atoms with Crippen LogP contribution in [0.3, 0.4) is 0 Å². The number of hydrogen-bond donors (Lipinski definition) is 1. The van der Waals surface area contributed by atoms with E-state index in [1.54, 1.807) is 7.11 Å². The van der Waals surface area contributed by atoms with Crippen molar-refractivity contribution < 1.29 is 4.74 Å². The number of aryl methyl sites for hydroxylation is 1. The highest BCUT2D eigenvalue weighted by Crippen LogP contribution is 2.39. The number of rotatable bonds is 4. The van der Waals surface area contributed by atoms with E-state index < -0.39 is 0 Å². The number of H-pyrrole nitrogens is 1. The zero-order valence-electron chi connectivity index (χ0n) is 17.2. The van der Waals surface area contributed by atoms with Gasteiger partial charge in [0.25, 0.3) is 0 Å². The summed E-state index contributed by atoms with van der Waals surface area (Å²) in [7, 11) is 1.71. The van der Waals surface area contributed by atoms with Crippen molar-refractivity contribution in [1.29, 1.82) is 0 Å². The summed E-state index contributed by atoms with van der Waals surface area (Å²) < 4.78 is 7.84. The highest BCUT2D eigenvalue weighted by molar-refractivity contribution is 5.92. The summed E-state index contributed by atoms with van der Waals surface area (Å²) in [4.78, 5) is 5.08. The molecule has 2 aliphatic rings. The Morgan fingerprint density at radius 3 is 2.87 bits per heavy atom. The average molecular weight is 399 g/mol. The number of hydrogen-bond acceptors (Lipinski definition) is 4. The molecule has 0 saturated heterocycles. The highest BCUT2D eigenvalue weighted by Gasteiger charge is 2.23. The van der Waals surface area contributed by atoms with Crippen LogP contribution in [0.4, 0.5) is 0 Å². The maximum atomic E-state index is 5.73. The van der Waals surface area contributed by atoms with E-state index in [2.05, 4.69) is 44.4 Å². The Morgan fingerprint density at radius 1 is 1.10 bits per heavy atom. The molecule has 1 saturated carbocycles. The van der Waals surface area contributed by atoms with E-state index in [0.717, 1.165) is 46.6 Å². The van der Waals surface area contributed by atoms with Gasteiger partial charge in [-0.3, -0.25) is 9.78 Å². The van der Waals surface area contributed by atoms with E-state index >= 15 is 0 Å². The molecule has 152 valence electrons. The molecule has 0 amide bonds. The average Bonchev–Trinajstić information content (AvgIpc) is 3.57. The quantitative estimate of drug-likeness (QED) is 0.518. The highest BCUT2D eigenvalue weighted by atomic mass is 16.5. The number of aromatic amines is 1. The second kappa shape index (κ2) is 6.97. The van der Waals surface area contributed by atoms with Crippen LogP contribution >= 0.6 is 0 Å². The molecule has 1 fully saturated rings. The number of aromatic nitrogens is 5. The third-order valence-electron chi connectivity index (χ3n) is 6.69. The second-order valence-electron chi connectivity index (χ2n) is 8.45. The van der Waals surface area contributed by atoms with E-state index in [9.17, 15) is 0 Å². The summed E-state index contributed by atoms with van der Waals surface area (Å²) in [5.74, 6) is 0.777. The third-order valence-corrected chi connectivity index (χ3v) is 6.69. The number of nitrogens with one attached hydrogen (secondary N) is 1. The summed E-state index contributed by atoms with van der Waals surface area (Å²) in [6.07, 6.45) is 12.5. The number of pyridine rings is 1. The zero-order valence-corrected chi connectivity index (χ0v) is 17.2. The molecular weight excluding hydrogens is 374 g/mol. The minimum absolute atomic E-state index is 0.513. The minimum atomic E-state index is 0.513. The van der Waals surface area contributed by atoms with Gasteiger partial charge in [0, 0.05) is 23.4 Å². The normalized spacial score (nSPS) is 16.4. The Bertz CT molecular complexity index is 1230. The monoisotopic (exact) mass is 399 g/mol. The molecule has 2 aliphatic carbocycles. The molecule has 6 nitrogen and oxygen atoms in total. The van der Waals surface area contributed by atoms with Crippen LogP contribution in [-0.4, -0.2) is 32.1 Å². The maximum absolute atomic E-state index is 5.73. The van der Waals surface area contributed by atoms with Crippen LogP contribution in [0.5, 0.6) is 5.75 Å². The predicted molar refractivity (Wildman–Crippen MR) is 117 cm³/mol. The van der Waals surface area contributed by atoms with E-state index in [4.69, 9.17) is 9.72 Å². The first-order valence-corrected chi connectivity index (χ1v) is 10.9. The minimum Gasteiger partial charge on any atom is -0.494 e. The third kappa shape index (κ3) is 2.74. The van der Waals surface area contributed by atoms with E-state index in [1.165, 1.54) is 48.8 Å². The Morgan fingerprint density at radius 2 is 2.00 bits per heavy atom. The second-order valence-corrected chi connectivity index (χ2v) is 8.45. The van der Waals surface area contributed by atoms with Gasteiger partial charge < -0.3 is 4.74 Å². The fraction of sp³-hybridized carbons (Fsp3) is 0.375. The number of fused-ring (bicyclic) bond motifs is 2. The van der Waals surface area contributed by atoms with Crippen molar-refractivity contribution in [2.24, 2.45) is 0 Å². The maximum Gasteiger partial charge on any atom is 0.147 e. The summed E-state index contributed by atoms with van der Waals surface area (Å²) >= 11 is 0. The lowest BCUT2D eigenvalue weighted by Crippen LogP contribution is -2.04. The molecule has 1 N–H and O–H groups in total. The van der Waals surface area contributed by atoms with Gasteiger partial charge in [-0.2, -0.15) is 10.2 Å². The molecule has 30 heavy (non-hydrogen) atoms. The summed E-state index contributed by atoms with van der Waals surface area (Å²) in [6.45, 7) is 0. The Hall–Kier alpha value is -3.15. The molecule has 0 aliphatic heterocycles. The molecule has 6 rings (SSSR count). The summed E-state index contributed by atoms with van der Waals surface area (Å²) in [5, 5.41) is 12.4. The van der Waals surface area contributed by atoms with Crippen molar-refractivity contribution in [3.63, 3.8) is 0 Å². The van der Waals surface area contributed by atoms with Crippen LogP contribution in [0.15, 0.2) is 36.7 Å². The van der Waals surface area contributed by atoms with Crippen LogP contribution in [-0.2, 0) is 12.8 Å². The molecule has 0 unspecified atom stereocenters. The SMILES string of the molecule is COc1cc2[nH]nc(-c3cnn(C4CCCC4)c3)c2nc1-c1cccc2c1CCC2. The van der Waals surface area contributed by atoms with Crippen molar-refractivity contribution in [3.05, 3.63) is 47.8 Å². The molecule has 0 spiro atoms. The van der Waals surface area contributed by atoms with Gasteiger partial charge in [-0.15, -0.1) is 0 Å². The van der Waals surface area contributed by atoms with Gasteiger partial charge in [-0.25, -0.2) is 4.98 Å². The van der Waals surface area contributed by atoms with Crippen LogP contribution in [0.2, 0.25) is 0 Å². The van der Waals surface area contributed by atoms with Crippen molar-refractivity contribution in [2.45, 2.75) is 51.0 Å².